The third-order valence-electron chi connectivity index (χ3n) is 11.1. The third kappa shape index (κ3) is 5.20. The molecule has 0 aromatic heterocycles. The van der Waals surface area contributed by atoms with Gasteiger partial charge in [-0.25, -0.2) is 0 Å². The molecule has 0 saturated heterocycles. The molecule has 204 valence electrons. The molecule has 10 unspecified atom stereocenters. The molecule has 6 nitrogen and oxygen atoms in total. The van der Waals surface area contributed by atoms with E-state index >= 15 is 0 Å². The Morgan fingerprint density at radius 3 is 2.14 bits per heavy atom. The molecule has 4 rings (SSSR count). The van der Waals surface area contributed by atoms with Gasteiger partial charge in [0, 0.05) is 26.7 Å². The lowest BCUT2D eigenvalue weighted by Gasteiger charge is -2.62. The quantitative estimate of drug-likeness (QED) is 0.237. The normalized spacial score (nSPS) is 42.3. The van der Waals surface area contributed by atoms with Crippen LogP contribution in [0.1, 0.15) is 106 Å². The van der Waals surface area contributed by atoms with Crippen LogP contribution in [0.2, 0.25) is 0 Å². The molecule has 4 aliphatic carbocycles. The van der Waals surface area contributed by atoms with Gasteiger partial charge in [0.25, 0.3) is 0 Å². The Balaban J connectivity index is 1.51. The lowest BCUT2D eigenvalue weighted by atomic mass is 9.43. The minimum Gasteiger partial charge on any atom is -0.466 e. The summed E-state index contributed by atoms with van der Waals surface area (Å²) in [6.07, 6.45) is 10.6. The lowest BCUT2D eigenvalue weighted by Crippen LogP contribution is -2.59. The molecule has 0 aromatic carbocycles. The molecule has 4 aliphatic rings. The van der Waals surface area contributed by atoms with E-state index in [2.05, 4.69) is 20.8 Å². The molecular formula is C30H48O6. The van der Waals surface area contributed by atoms with E-state index in [1.807, 2.05) is 0 Å². The first-order valence-corrected chi connectivity index (χ1v) is 14.4. The molecule has 36 heavy (non-hydrogen) atoms. The van der Waals surface area contributed by atoms with Crippen molar-refractivity contribution in [2.45, 2.75) is 118 Å². The zero-order valence-corrected chi connectivity index (χ0v) is 23.3. The van der Waals surface area contributed by atoms with Crippen LogP contribution in [0.15, 0.2) is 0 Å². The highest BCUT2D eigenvalue weighted by Crippen LogP contribution is 2.68. The van der Waals surface area contributed by atoms with Crippen molar-refractivity contribution in [3.05, 3.63) is 0 Å². The second-order valence-corrected chi connectivity index (χ2v) is 13.1. The fourth-order valence-electron chi connectivity index (χ4n) is 9.71. The van der Waals surface area contributed by atoms with Crippen molar-refractivity contribution in [2.75, 3.05) is 6.61 Å². The van der Waals surface area contributed by atoms with Crippen LogP contribution in [-0.4, -0.2) is 36.7 Å². The predicted octanol–water partition coefficient (Wildman–Crippen LogP) is 6.10. The average Bonchev–Trinajstić information content (AvgIpc) is 3.14. The van der Waals surface area contributed by atoms with Gasteiger partial charge < -0.3 is 14.2 Å². The summed E-state index contributed by atoms with van der Waals surface area (Å²) in [6, 6.07) is 0. The van der Waals surface area contributed by atoms with E-state index in [1.54, 1.807) is 0 Å². The average molecular weight is 505 g/mol. The van der Waals surface area contributed by atoms with Crippen LogP contribution in [0.3, 0.4) is 0 Å². The molecule has 0 aromatic rings. The summed E-state index contributed by atoms with van der Waals surface area (Å²) >= 11 is 0. The van der Waals surface area contributed by atoms with E-state index in [-0.39, 0.29) is 41.4 Å². The van der Waals surface area contributed by atoms with Gasteiger partial charge in [0.05, 0.1) is 6.61 Å². The highest BCUT2D eigenvalue weighted by Gasteiger charge is 2.63. The van der Waals surface area contributed by atoms with Crippen LogP contribution in [0.25, 0.3) is 0 Å². The van der Waals surface area contributed by atoms with Gasteiger partial charge in [-0.3, -0.25) is 14.4 Å². The van der Waals surface area contributed by atoms with Crippen LogP contribution in [0.5, 0.6) is 0 Å². The minimum atomic E-state index is -0.214. The van der Waals surface area contributed by atoms with Crippen molar-refractivity contribution < 1.29 is 28.6 Å². The van der Waals surface area contributed by atoms with E-state index in [1.165, 1.54) is 46.5 Å². The fourth-order valence-corrected chi connectivity index (χ4v) is 9.71. The second-order valence-electron chi connectivity index (χ2n) is 13.1. The smallest absolute Gasteiger partial charge is 0.302 e. The van der Waals surface area contributed by atoms with Crippen LogP contribution >= 0.6 is 0 Å². The van der Waals surface area contributed by atoms with E-state index in [9.17, 15) is 14.4 Å². The largest absolute Gasteiger partial charge is 0.466 e. The van der Waals surface area contributed by atoms with Crippen molar-refractivity contribution >= 4 is 17.9 Å². The van der Waals surface area contributed by atoms with Crippen LogP contribution in [0.4, 0.5) is 0 Å². The predicted molar refractivity (Wildman–Crippen MR) is 137 cm³/mol. The van der Waals surface area contributed by atoms with Gasteiger partial charge in [-0.05, 0) is 105 Å². The Morgan fingerprint density at radius 1 is 0.806 bits per heavy atom. The van der Waals surface area contributed by atoms with Gasteiger partial charge in [0.15, 0.2) is 0 Å². The van der Waals surface area contributed by atoms with Crippen molar-refractivity contribution in [1.29, 1.82) is 0 Å². The first-order chi connectivity index (χ1) is 17.0. The zero-order valence-electron chi connectivity index (χ0n) is 23.3. The lowest BCUT2D eigenvalue weighted by molar-refractivity contribution is -0.197. The number of ether oxygens (including phenoxy) is 3. The Morgan fingerprint density at radius 2 is 1.47 bits per heavy atom. The molecule has 4 saturated carbocycles. The number of carbonyl (C=O) groups is 3. The van der Waals surface area contributed by atoms with Gasteiger partial charge in [0.1, 0.15) is 12.2 Å². The maximum atomic E-state index is 12.2. The number of fused-ring (bicyclic) bond motifs is 5. The van der Waals surface area contributed by atoms with Crippen LogP contribution in [0, 0.1) is 46.3 Å². The van der Waals surface area contributed by atoms with Crippen molar-refractivity contribution in [3.8, 4) is 0 Å². The van der Waals surface area contributed by atoms with E-state index in [0.717, 1.165) is 38.5 Å². The maximum absolute atomic E-state index is 12.2. The van der Waals surface area contributed by atoms with Gasteiger partial charge in [-0.15, -0.1) is 0 Å². The van der Waals surface area contributed by atoms with E-state index in [0.29, 0.717) is 41.6 Å². The van der Waals surface area contributed by atoms with Gasteiger partial charge >= 0.3 is 17.9 Å². The third-order valence-corrected chi connectivity index (χ3v) is 11.1. The molecule has 0 radical (unpaired) electrons. The van der Waals surface area contributed by atoms with Gasteiger partial charge in [-0.1, -0.05) is 20.8 Å². The molecule has 0 amide bonds. The van der Waals surface area contributed by atoms with Crippen LogP contribution < -0.4 is 0 Å². The van der Waals surface area contributed by atoms with Crippen molar-refractivity contribution in [2.24, 2.45) is 46.3 Å². The Labute approximate surface area is 217 Å². The summed E-state index contributed by atoms with van der Waals surface area (Å²) in [4.78, 5) is 35.0. The number of hydrogen-bond acceptors (Lipinski definition) is 6. The summed E-state index contributed by atoms with van der Waals surface area (Å²) in [5.74, 6) is 2.85. The molecule has 0 N–H and O–H groups in total. The van der Waals surface area contributed by atoms with Crippen molar-refractivity contribution in [1.82, 2.24) is 0 Å². The van der Waals surface area contributed by atoms with Crippen molar-refractivity contribution in [3.63, 3.8) is 0 Å². The molecule has 10 atom stereocenters. The van der Waals surface area contributed by atoms with Gasteiger partial charge in [0.2, 0.25) is 0 Å². The molecule has 0 aliphatic heterocycles. The molecule has 6 heteroatoms. The summed E-state index contributed by atoms with van der Waals surface area (Å²) in [5.41, 5.74) is 0.440. The Hall–Kier alpha value is -1.59. The van der Waals surface area contributed by atoms with E-state index in [4.69, 9.17) is 14.2 Å². The number of hydrogen-bond donors (Lipinski definition) is 0. The maximum Gasteiger partial charge on any atom is 0.302 e. The Kier molecular flexibility index (Phi) is 8.12. The Bertz CT molecular complexity index is 839. The number of esters is 3. The standard InChI is InChI=1S/C30H48O6/c1-18(8-7-15-34-19(2)31)24-9-10-25-23-17-28(36-21(4)33)27-16-22(35-20(3)32)11-13-30(27,6)26(23)12-14-29(24,25)5/h18,22-28H,7-17H2,1-6H3. The highest BCUT2D eigenvalue weighted by molar-refractivity contribution is 5.66. The SMILES string of the molecule is CC(=O)OCCCC(C)C1CCC2C3CC(OC(C)=O)C4CC(OC(C)=O)CCC4(C)C3CCC12C. The summed E-state index contributed by atoms with van der Waals surface area (Å²) in [5, 5.41) is 0. The monoisotopic (exact) mass is 504 g/mol. The summed E-state index contributed by atoms with van der Waals surface area (Å²) < 4.78 is 16.9. The molecular weight excluding hydrogens is 456 g/mol. The highest BCUT2D eigenvalue weighted by atomic mass is 16.6. The van der Waals surface area contributed by atoms with Crippen LogP contribution in [-0.2, 0) is 28.6 Å². The molecule has 0 bridgehead atoms. The number of carbonyl (C=O) groups excluding carboxylic acids is 3. The minimum absolute atomic E-state index is 0.0623. The topological polar surface area (TPSA) is 78.9 Å². The first kappa shape index (κ1) is 27.4. The van der Waals surface area contributed by atoms with E-state index < -0.39 is 0 Å². The van der Waals surface area contributed by atoms with Gasteiger partial charge in [-0.2, -0.15) is 0 Å². The fraction of sp³-hybridized carbons (Fsp3) is 0.900. The summed E-state index contributed by atoms with van der Waals surface area (Å²) in [6.45, 7) is 12.4. The summed E-state index contributed by atoms with van der Waals surface area (Å²) in [7, 11) is 0. The molecule has 4 fully saturated rings. The first-order valence-electron chi connectivity index (χ1n) is 14.4. The zero-order chi connectivity index (χ0) is 26.3. The molecule has 0 heterocycles. The second kappa shape index (κ2) is 10.6. The molecule has 0 spiro atoms. The number of rotatable bonds is 7.